The van der Waals surface area contributed by atoms with Crippen LogP contribution in [0.15, 0.2) is 30.6 Å². The van der Waals surface area contributed by atoms with Gasteiger partial charge in [0.25, 0.3) is 5.91 Å². The molecule has 1 aliphatic heterocycles. The molecule has 0 N–H and O–H groups in total. The number of carbonyl (C=O) groups is 2. The third-order valence-corrected chi connectivity index (χ3v) is 3.87. The molecule has 0 radical (unpaired) electrons. The third kappa shape index (κ3) is 3.38. The van der Waals surface area contributed by atoms with E-state index < -0.39 is 0 Å². The molecule has 24 heavy (non-hydrogen) atoms. The highest BCUT2D eigenvalue weighted by molar-refractivity contribution is 5.94. The Labute approximate surface area is 138 Å². The molecular formula is C15H15N7O2. The lowest BCUT2D eigenvalue weighted by atomic mass is 10.1. The molecule has 0 aliphatic carbocycles. The van der Waals surface area contributed by atoms with E-state index in [0.717, 1.165) is 0 Å². The first-order valence-electron chi connectivity index (χ1n) is 7.45. The van der Waals surface area contributed by atoms with Crippen LogP contribution in [0.25, 0.3) is 0 Å². The van der Waals surface area contributed by atoms with Crippen LogP contribution in [-0.4, -0.2) is 68.0 Å². The van der Waals surface area contributed by atoms with Gasteiger partial charge in [0.15, 0.2) is 0 Å². The molecular weight excluding hydrogens is 310 g/mol. The summed E-state index contributed by atoms with van der Waals surface area (Å²) in [6, 6.07) is 8.57. The van der Waals surface area contributed by atoms with E-state index in [9.17, 15) is 9.59 Å². The standard InChI is InChI=1S/C15H15N7O2/c16-9-12-1-3-13(4-2-12)15(24)21-7-5-20(6-8-21)14(23)10-22-11-17-18-19-22/h1-4,11H,5-8,10H2. The Kier molecular flexibility index (Phi) is 4.47. The lowest BCUT2D eigenvalue weighted by Gasteiger charge is -2.34. The number of hydrogen-bond acceptors (Lipinski definition) is 6. The first-order chi connectivity index (χ1) is 11.7. The van der Waals surface area contributed by atoms with Gasteiger partial charge in [0.05, 0.1) is 11.6 Å². The van der Waals surface area contributed by atoms with E-state index in [-0.39, 0.29) is 18.4 Å². The number of amides is 2. The fourth-order valence-electron chi connectivity index (χ4n) is 2.52. The molecule has 1 saturated heterocycles. The van der Waals surface area contributed by atoms with Crippen LogP contribution in [0.3, 0.4) is 0 Å². The van der Waals surface area contributed by atoms with Crippen LogP contribution in [0.5, 0.6) is 0 Å². The summed E-state index contributed by atoms with van der Waals surface area (Å²) in [6.45, 7) is 1.99. The van der Waals surface area contributed by atoms with E-state index in [1.807, 2.05) is 6.07 Å². The molecule has 0 spiro atoms. The van der Waals surface area contributed by atoms with Crippen LogP contribution in [0.4, 0.5) is 0 Å². The topological polar surface area (TPSA) is 108 Å². The molecule has 2 amide bonds. The van der Waals surface area contributed by atoms with Crippen molar-refractivity contribution in [3.8, 4) is 6.07 Å². The Morgan fingerprint density at radius 2 is 1.75 bits per heavy atom. The van der Waals surface area contributed by atoms with Gasteiger partial charge >= 0.3 is 0 Å². The number of hydrogen-bond donors (Lipinski definition) is 0. The average molecular weight is 325 g/mol. The van der Waals surface area contributed by atoms with Crippen molar-refractivity contribution in [2.75, 3.05) is 26.2 Å². The highest BCUT2D eigenvalue weighted by Gasteiger charge is 2.25. The number of aromatic nitrogens is 4. The van der Waals surface area contributed by atoms with Gasteiger partial charge in [-0.1, -0.05) is 0 Å². The Morgan fingerprint density at radius 3 is 2.33 bits per heavy atom. The molecule has 9 heteroatoms. The van der Waals surface area contributed by atoms with Gasteiger partial charge in [-0.25, -0.2) is 4.68 Å². The quantitative estimate of drug-likeness (QED) is 0.755. The van der Waals surface area contributed by atoms with Gasteiger partial charge in [0, 0.05) is 31.7 Å². The van der Waals surface area contributed by atoms with Crippen molar-refractivity contribution >= 4 is 11.8 Å². The number of carbonyl (C=O) groups excluding carboxylic acids is 2. The first-order valence-corrected chi connectivity index (χ1v) is 7.45. The summed E-state index contributed by atoms with van der Waals surface area (Å²) in [5.74, 6) is -0.167. The summed E-state index contributed by atoms with van der Waals surface area (Å²) in [4.78, 5) is 28.0. The molecule has 9 nitrogen and oxygen atoms in total. The Balaban J connectivity index is 1.55. The van der Waals surface area contributed by atoms with Crippen LogP contribution >= 0.6 is 0 Å². The number of nitriles is 1. The van der Waals surface area contributed by atoms with Crippen LogP contribution in [0.2, 0.25) is 0 Å². The molecule has 1 aromatic carbocycles. The van der Waals surface area contributed by atoms with Crippen molar-refractivity contribution < 1.29 is 9.59 Å². The minimum Gasteiger partial charge on any atom is -0.338 e. The molecule has 1 aliphatic rings. The number of tetrazole rings is 1. The molecule has 0 bridgehead atoms. The SMILES string of the molecule is N#Cc1ccc(C(=O)N2CCN(C(=O)Cn3cnnn3)CC2)cc1. The highest BCUT2D eigenvalue weighted by atomic mass is 16.2. The van der Waals surface area contributed by atoms with E-state index in [2.05, 4.69) is 15.5 Å². The minimum atomic E-state index is -0.0907. The molecule has 1 aromatic heterocycles. The second-order valence-corrected chi connectivity index (χ2v) is 5.37. The Bertz CT molecular complexity index is 756. The zero-order chi connectivity index (χ0) is 16.9. The number of rotatable bonds is 3. The zero-order valence-electron chi connectivity index (χ0n) is 12.9. The van der Waals surface area contributed by atoms with Crippen LogP contribution in [-0.2, 0) is 11.3 Å². The number of benzene rings is 1. The summed E-state index contributed by atoms with van der Waals surface area (Å²) < 4.78 is 1.37. The van der Waals surface area contributed by atoms with Crippen LogP contribution in [0.1, 0.15) is 15.9 Å². The Morgan fingerprint density at radius 1 is 1.08 bits per heavy atom. The maximum absolute atomic E-state index is 12.4. The average Bonchev–Trinajstić information content (AvgIpc) is 3.14. The highest BCUT2D eigenvalue weighted by Crippen LogP contribution is 2.10. The third-order valence-electron chi connectivity index (χ3n) is 3.87. The molecule has 0 saturated carbocycles. The molecule has 0 atom stereocenters. The summed E-state index contributed by atoms with van der Waals surface area (Å²) in [6.07, 6.45) is 1.39. The number of nitrogens with zero attached hydrogens (tertiary/aromatic N) is 7. The van der Waals surface area contributed by atoms with Crippen molar-refractivity contribution in [2.24, 2.45) is 0 Å². The van der Waals surface area contributed by atoms with E-state index in [1.165, 1.54) is 11.0 Å². The predicted molar refractivity (Wildman–Crippen MR) is 81.5 cm³/mol. The molecule has 1 fully saturated rings. The fourth-order valence-corrected chi connectivity index (χ4v) is 2.52. The van der Waals surface area contributed by atoms with Gasteiger partial charge in [0.2, 0.25) is 5.91 Å². The van der Waals surface area contributed by atoms with Crippen LogP contribution in [0, 0.1) is 11.3 Å². The van der Waals surface area contributed by atoms with Crippen LogP contribution < -0.4 is 0 Å². The van der Waals surface area contributed by atoms with E-state index in [1.54, 1.807) is 34.1 Å². The molecule has 2 heterocycles. The second-order valence-electron chi connectivity index (χ2n) is 5.37. The van der Waals surface area contributed by atoms with Gasteiger partial charge in [-0.3, -0.25) is 9.59 Å². The lowest BCUT2D eigenvalue weighted by Crippen LogP contribution is -2.51. The first kappa shape index (κ1) is 15.6. The van der Waals surface area contributed by atoms with E-state index in [4.69, 9.17) is 5.26 Å². The molecule has 0 unspecified atom stereocenters. The van der Waals surface area contributed by atoms with E-state index in [0.29, 0.717) is 37.3 Å². The normalized spacial score (nSPS) is 14.3. The Hall–Kier alpha value is -3.28. The largest absolute Gasteiger partial charge is 0.338 e. The number of piperazine rings is 1. The molecule has 3 rings (SSSR count). The zero-order valence-corrected chi connectivity index (χ0v) is 12.9. The minimum absolute atomic E-state index is 0.0761. The summed E-state index contributed by atoms with van der Waals surface area (Å²) in [5.41, 5.74) is 1.06. The van der Waals surface area contributed by atoms with Crippen molar-refractivity contribution in [3.63, 3.8) is 0 Å². The van der Waals surface area contributed by atoms with Gasteiger partial charge in [0.1, 0.15) is 12.9 Å². The maximum atomic E-state index is 12.4. The van der Waals surface area contributed by atoms with Crippen molar-refractivity contribution in [1.82, 2.24) is 30.0 Å². The smallest absolute Gasteiger partial charge is 0.253 e. The monoisotopic (exact) mass is 325 g/mol. The fraction of sp³-hybridized carbons (Fsp3) is 0.333. The van der Waals surface area contributed by atoms with E-state index >= 15 is 0 Å². The summed E-state index contributed by atoms with van der Waals surface area (Å²) in [7, 11) is 0. The summed E-state index contributed by atoms with van der Waals surface area (Å²) in [5, 5.41) is 19.4. The van der Waals surface area contributed by atoms with Crippen molar-refractivity contribution in [3.05, 3.63) is 41.7 Å². The molecule has 2 aromatic rings. The van der Waals surface area contributed by atoms with Crippen molar-refractivity contribution in [1.29, 1.82) is 5.26 Å². The van der Waals surface area contributed by atoms with Gasteiger partial charge < -0.3 is 9.80 Å². The maximum Gasteiger partial charge on any atom is 0.253 e. The van der Waals surface area contributed by atoms with Gasteiger partial charge in [-0.2, -0.15) is 5.26 Å². The lowest BCUT2D eigenvalue weighted by molar-refractivity contribution is -0.133. The van der Waals surface area contributed by atoms with Crippen molar-refractivity contribution in [2.45, 2.75) is 6.54 Å². The summed E-state index contributed by atoms with van der Waals surface area (Å²) >= 11 is 0. The molecule has 122 valence electrons. The predicted octanol–water partition coefficient (Wildman–Crippen LogP) is -0.471. The van der Waals surface area contributed by atoms with Gasteiger partial charge in [-0.15, -0.1) is 5.10 Å². The second kappa shape index (κ2) is 6.87. The van der Waals surface area contributed by atoms with Gasteiger partial charge in [-0.05, 0) is 34.7 Å².